The van der Waals surface area contributed by atoms with Crippen molar-refractivity contribution in [3.05, 3.63) is 53.3 Å². The fourth-order valence-electron chi connectivity index (χ4n) is 2.63. The molecule has 0 atom stereocenters. The molecule has 1 aliphatic heterocycles. The minimum atomic E-state index is -3.77. The van der Waals surface area contributed by atoms with Crippen molar-refractivity contribution in [3.8, 4) is 0 Å². The molecule has 1 aromatic carbocycles. The predicted octanol–water partition coefficient (Wildman–Crippen LogP) is 1.01. The second kappa shape index (κ2) is 9.31. The first-order valence-corrected chi connectivity index (χ1v) is 10.6. The van der Waals surface area contributed by atoms with Crippen molar-refractivity contribution in [3.63, 3.8) is 0 Å². The normalized spacial score (nSPS) is 14.9. The second-order valence-electron chi connectivity index (χ2n) is 6.12. The SMILES string of the molecule is O=C(NCc1ccccn1)C(=O)Nc1cc(S(=O)(=O)N2CCOCC2)ccc1Cl. The van der Waals surface area contributed by atoms with E-state index >= 15 is 0 Å². The highest BCUT2D eigenvalue weighted by Gasteiger charge is 2.27. The van der Waals surface area contributed by atoms with Crippen LogP contribution in [0, 0.1) is 0 Å². The van der Waals surface area contributed by atoms with Crippen LogP contribution < -0.4 is 10.6 Å². The number of carbonyl (C=O) groups is 2. The summed E-state index contributed by atoms with van der Waals surface area (Å²) in [6, 6.07) is 9.14. The highest BCUT2D eigenvalue weighted by molar-refractivity contribution is 7.89. The van der Waals surface area contributed by atoms with E-state index in [9.17, 15) is 18.0 Å². The summed E-state index contributed by atoms with van der Waals surface area (Å²) in [6.07, 6.45) is 1.57. The zero-order valence-electron chi connectivity index (χ0n) is 15.3. The highest BCUT2D eigenvalue weighted by Crippen LogP contribution is 2.27. The Morgan fingerprint density at radius 3 is 2.59 bits per heavy atom. The number of benzene rings is 1. The average Bonchev–Trinajstić information content (AvgIpc) is 2.74. The number of anilines is 1. The smallest absolute Gasteiger partial charge is 0.313 e. The molecule has 2 amide bonds. The third-order valence-electron chi connectivity index (χ3n) is 4.16. The molecule has 0 saturated carbocycles. The summed E-state index contributed by atoms with van der Waals surface area (Å²) in [5.41, 5.74) is 0.615. The van der Waals surface area contributed by atoms with Gasteiger partial charge in [0.25, 0.3) is 0 Å². The van der Waals surface area contributed by atoms with Gasteiger partial charge in [0.2, 0.25) is 10.0 Å². The number of carbonyl (C=O) groups excluding carboxylic acids is 2. The quantitative estimate of drug-likeness (QED) is 0.673. The van der Waals surface area contributed by atoms with Crippen LogP contribution >= 0.6 is 11.6 Å². The first-order chi connectivity index (χ1) is 13.9. The van der Waals surface area contributed by atoms with Gasteiger partial charge < -0.3 is 15.4 Å². The highest BCUT2D eigenvalue weighted by atomic mass is 35.5. The molecule has 1 aromatic heterocycles. The number of amides is 2. The molecule has 1 fully saturated rings. The largest absolute Gasteiger partial charge is 0.379 e. The molecule has 0 aliphatic carbocycles. The van der Waals surface area contributed by atoms with Crippen LogP contribution in [0.5, 0.6) is 0 Å². The first-order valence-electron chi connectivity index (χ1n) is 8.74. The van der Waals surface area contributed by atoms with Crippen LogP contribution in [-0.2, 0) is 30.9 Å². The number of morpholine rings is 1. The Morgan fingerprint density at radius 1 is 1.14 bits per heavy atom. The Bertz CT molecular complexity index is 995. The summed E-state index contributed by atoms with van der Waals surface area (Å²) >= 11 is 6.07. The summed E-state index contributed by atoms with van der Waals surface area (Å²) in [5.74, 6) is -1.86. The second-order valence-corrected chi connectivity index (χ2v) is 8.46. The van der Waals surface area contributed by atoms with Crippen molar-refractivity contribution in [2.24, 2.45) is 0 Å². The summed E-state index contributed by atoms with van der Waals surface area (Å²) in [5, 5.41) is 4.90. The summed E-state index contributed by atoms with van der Waals surface area (Å²) in [6.45, 7) is 1.18. The topological polar surface area (TPSA) is 118 Å². The maximum Gasteiger partial charge on any atom is 0.313 e. The molecule has 1 saturated heterocycles. The van der Waals surface area contributed by atoms with Crippen LogP contribution in [0.15, 0.2) is 47.5 Å². The minimum Gasteiger partial charge on any atom is -0.379 e. The van der Waals surface area contributed by atoms with E-state index in [4.69, 9.17) is 16.3 Å². The number of pyridine rings is 1. The van der Waals surface area contributed by atoms with Crippen molar-refractivity contribution in [2.45, 2.75) is 11.4 Å². The van der Waals surface area contributed by atoms with Gasteiger partial charge >= 0.3 is 11.8 Å². The maximum atomic E-state index is 12.8. The van der Waals surface area contributed by atoms with E-state index in [1.54, 1.807) is 24.4 Å². The van der Waals surface area contributed by atoms with Gasteiger partial charge in [0.05, 0.1) is 41.1 Å². The number of nitrogens with one attached hydrogen (secondary N) is 2. The molecule has 2 aromatic rings. The van der Waals surface area contributed by atoms with Crippen LogP contribution in [0.25, 0.3) is 0 Å². The Kier molecular flexibility index (Phi) is 6.80. The molecule has 2 N–H and O–H groups in total. The zero-order chi connectivity index (χ0) is 20.9. The molecule has 0 radical (unpaired) electrons. The number of rotatable bonds is 5. The predicted molar refractivity (Wildman–Crippen MR) is 106 cm³/mol. The molecule has 11 heteroatoms. The van der Waals surface area contributed by atoms with Gasteiger partial charge in [0, 0.05) is 19.3 Å². The lowest BCUT2D eigenvalue weighted by atomic mass is 10.3. The molecule has 0 unspecified atom stereocenters. The lowest BCUT2D eigenvalue weighted by Gasteiger charge is -2.26. The van der Waals surface area contributed by atoms with Crippen molar-refractivity contribution in [2.75, 3.05) is 31.6 Å². The summed E-state index contributed by atoms with van der Waals surface area (Å²) in [4.78, 5) is 28.2. The summed E-state index contributed by atoms with van der Waals surface area (Å²) < 4.78 is 32.0. The zero-order valence-corrected chi connectivity index (χ0v) is 16.9. The summed E-state index contributed by atoms with van der Waals surface area (Å²) in [7, 11) is -3.77. The van der Waals surface area contributed by atoms with Gasteiger partial charge in [-0.15, -0.1) is 0 Å². The first kappa shape index (κ1) is 21.2. The van der Waals surface area contributed by atoms with Crippen molar-refractivity contribution >= 4 is 39.1 Å². The Hall–Kier alpha value is -2.53. The molecular weight excluding hydrogens is 420 g/mol. The van der Waals surface area contributed by atoms with E-state index in [1.165, 1.54) is 22.5 Å². The molecule has 0 bridgehead atoms. The van der Waals surface area contributed by atoms with Gasteiger partial charge in [-0.3, -0.25) is 14.6 Å². The number of aromatic nitrogens is 1. The number of halogens is 1. The molecule has 9 nitrogen and oxygen atoms in total. The van der Waals surface area contributed by atoms with Crippen molar-refractivity contribution in [1.82, 2.24) is 14.6 Å². The van der Waals surface area contributed by atoms with Gasteiger partial charge in [-0.1, -0.05) is 17.7 Å². The number of sulfonamides is 1. The third-order valence-corrected chi connectivity index (χ3v) is 6.38. The number of hydrogen-bond donors (Lipinski definition) is 2. The number of nitrogens with zero attached hydrogens (tertiary/aromatic N) is 2. The molecule has 1 aliphatic rings. The van der Waals surface area contributed by atoms with Gasteiger partial charge in [0.1, 0.15) is 0 Å². The van der Waals surface area contributed by atoms with E-state index in [0.717, 1.165) is 0 Å². The van der Waals surface area contributed by atoms with Crippen LogP contribution in [0.4, 0.5) is 5.69 Å². The molecule has 2 heterocycles. The van der Waals surface area contributed by atoms with Crippen molar-refractivity contribution < 1.29 is 22.7 Å². The molecule has 29 heavy (non-hydrogen) atoms. The number of ether oxygens (including phenoxy) is 1. The third kappa shape index (κ3) is 5.30. The van der Waals surface area contributed by atoms with Crippen LogP contribution in [0.3, 0.4) is 0 Å². The minimum absolute atomic E-state index is 0.0268. The average molecular weight is 439 g/mol. The van der Waals surface area contributed by atoms with Gasteiger partial charge in [-0.25, -0.2) is 8.42 Å². The van der Waals surface area contributed by atoms with Crippen molar-refractivity contribution in [1.29, 1.82) is 0 Å². The maximum absolute atomic E-state index is 12.8. The lowest BCUT2D eigenvalue weighted by Crippen LogP contribution is -2.40. The van der Waals surface area contributed by atoms with E-state index in [0.29, 0.717) is 18.9 Å². The fraction of sp³-hybridized carbons (Fsp3) is 0.278. The fourth-order valence-corrected chi connectivity index (χ4v) is 4.23. The lowest BCUT2D eigenvalue weighted by molar-refractivity contribution is -0.136. The van der Waals surface area contributed by atoms with Crippen LogP contribution in [-0.4, -0.2) is 55.8 Å². The number of hydrogen-bond acceptors (Lipinski definition) is 6. The van der Waals surface area contributed by atoms with Crippen LogP contribution in [0.1, 0.15) is 5.69 Å². The van der Waals surface area contributed by atoms with Gasteiger partial charge in [-0.2, -0.15) is 4.31 Å². The van der Waals surface area contributed by atoms with E-state index in [2.05, 4.69) is 15.6 Å². The van der Waals surface area contributed by atoms with Crippen LogP contribution in [0.2, 0.25) is 5.02 Å². The molecule has 154 valence electrons. The molecule has 0 spiro atoms. The van der Waals surface area contributed by atoms with E-state index in [-0.39, 0.29) is 35.2 Å². The van der Waals surface area contributed by atoms with Gasteiger partial charge in [0.15, 0.2) is 0 Å². The standard InChI is InChI=1S/C18H19ClN4O5S/c19-15-5-4-14(29(26,27)23-7-9-28-10-8-23)11-16(15)22-18(25)17(24)21-12-13-3-1-2-6-20-13/h1-6,11H,7-10,12H2,(H,21,24)(H,22,25). The monoisotopic (exact) mass is 438 g/mol. The van der Waals surface area contributed by atoms with E-state index < -0.39 is 21.8 Å². The Labute approximate surface area is 173 Å². The van der Waals surface area contributed by atoms with E-state index in [1.807, 2.05) is 0 Å². The molecular formula is C18H19ClN4O5S. The Balaban J connectivity index is 1.69. The molecule has 3 rings (SSSR count). The Morgan fingerprint density at radius 2 is 1.90 bits per heavy atom. The van der Waals surface area contributed by atoms with Gasteiger partial charge in [-0.05, 0) is 30.3 Å².